The van der Waals surface area contributed by atoms with Gasteiger partial charge in [0.15, 0.2) is 0 Å². The summed E-state index contributed by atoms with van der Waals surface area (Å²) in [7, 11) is 2.05. The second-order valence-corrected chi connectivity index (χ2v) is 10.5. The van der Waals surface area contributed by atoms with Crippen molar-refractivity contribution in [2.45, 2.75) is 122 Å². The van der Waals surface area contributed by atoms with Crippen molar-refractivity contribution < 1.29 is 24.9 Å². The smallest absolute Gasteiger partial charge is 0.314 e. The molecular formula is C24H48O5S2. The summed E-state index contributed by atoms with van der Waals surface area (Å²) < 4.78 is 0. The zero-order valence-electron chi connectivity index (χ0n) is 19.8. The molecule has 0 aliphatic carbocycles. The number of aliphatic carboxylic acids is 2. The van der Waals surface area contributed by atoms with Gasteiger partial charge in [-0.25, -0.2) is 0 Å². The van der Waals surface area contributed by atoms with E-state index in [0.717, 1.165) is 28.0 Å². The molecule has 3 N–H and O–H groups in total. The Morgan fingerprint density at radius 2 is 0.774 bits per heavy atom. The Labute approximate surface area is 198 Å². The van der Waals surface area contributed by atoms with Crippen LogP contribution >= 0.6 is 21.6 Å². The lowest BCUT2D eigenvalue weighted by Crippen LogP contribution is -1.99. The Balaban J connectivity index is 0. The molecule has 0 aromatic rings. The van der Waals surface area contributed by atoms with E-state index in [1.165, 1.54) is 109 Å². The summed E-state index contributed by atoms with van der Waals surface area (Å²) in [5, 5.41) is 24.9. The molecule has 0 saturated carbocycles. The first-order chi connectivity index (χ1) is 15.0. The van der Waals surface area contributed by atoms with E-state index in [2.05, 4.69) is 6.92 Å². The van der Waals surface area contributed by atoms with Gasteiger partial charge in [-0.2, -0.15) is 0 Å². The van der Waals surface area contributed by atoms with E-state index in [0.29, 0.717) is 6.61 Å². The number of hydrogen-bond donors (Lipinski definition) is 3. The van der Waals surface area contributed by atoms with Gasteiger partial charge < -0.3 is 15.3 Å². The molecule has 0 aromatic carbocycles. The molecule has 0 heterocycles. The van der Waals surface area contributed by atoms with Gasteiger partial charge in [0.25, 0.3) is 0 Å². The lowest BCUT2D eigenvalue weighted by molar-refractivity contribution is -0.135. The fraction of sp³-hybridized carbons (Fsp3) is 0.917. The van der Waals surface area contributed by atoms with Crippen molar-refractivity contribution in [3.05, 3.63) is 0 Å². The second kappa shape index (κ2) is 29.6. The topological polar surface area (TPSA) is 94.8 Å². The van der Waals surface area contributed by atoms with Gasteiger partial charge in [-0.1, -0.05) is 138 Å². The highest BCUT2D eigenvalue weighted by molar-refractivity contribution is 8.77. The molecule has 0 aromatic heterocycles. The fourth-order valence-corrected chi connectivity index (χ4v) is 4.67. The Morgan fingerprint density at radius 3 is 1.00 bits per heavy atom. The Bertz CT molecular complexity index is 347. The van der Waals surface area contributed by atoms with Gasteiger partial charge in [-0.15, -0.1) is 0 Å². The molecule has 0 bridgehead atoms. The molecule has 0 amide bonds. The number of unbranched alkanes of at least 4 members (excludes halogenated alkanes) is 17. The third kappa shape index (κ3) is 37.3. The highest BCUT2D eigenvalue weighted by Crippen LogP contribution is 2.19. The van der Waals surface area contributed by atoms with Crippen LogP contribution < -0.4 is 0 Å². The SMILES string of the molecule is CCCCCCCCCCCCCCCCCCCCO.O=C(O)CSSCC(=O)O. The highest BCUT2D eigenvalue weighted by Gasteiger charge is 2.00. The Morgan fingerprint density at radius 1 is 0.516 bits per heavy atom. The van der Waals surface area contributed by atoms with E-state index in [9.17, 15) is 9.59 Å². The van der Waals surface area contributed by atoms with Crippen LogP contribution in [0.3, 0.4) is 0 Å². The van der Waals surface area contributed by atoms with Gasteiger partial charge in [0.1, 0.15) is 11.5 Å². The quantitative estimate of drug-likeness (QED) is 0.103. The molecule has 0 aliphatic heterocycles. The van der Waals surface area contributed by atoms with Crippen molar-refractivity contribution in [3.8, 4) is 0 Å². The largest absolute Gasteiger partial charge is 0.481 e. The summed E-state index contributed by atoms with van der Waals surface area (Å²) in [5.41, 5.74) is 0. The molecule has 0 radical (unpaired) electrons. The maximum atomic E-state index is 9.86. The van der Waals surface area contributed by atoms with Gasteiger partial charge >= 0.3 is 11.9 Å². The number of aliphatic hydroxyl groups is 1. The third-order valence-electron chi connectivity index (χ3n) is 4.96. The van der Waals surface area contributed by atoms with Crippen molar-refractivity contribution >= 4 is 33.5 Å². The summed E-state index contributed by atoms with van der Waals surface area (Å²) in [5.74, 6) is -1.97. The lowest BCUT2D eigenvalue weighted by Gasteiger charge is -2.03. The van der Waals surface area contributed by atoms with Gasteiger partial charge in [-0.3, -0.25) is 9.59 Å². The number of hydrogen-bond acceptors (Lipinski definition) is 5. The minimum Gasteiger partial charge on any atom is -0.481 e. The number of rotatable bonds is 23. The zero-order chi connectivity index (χ0) is 23.4. The first-order valence-corrected chi connectivity index (χ1v) is 14.8. The van der Waals surface area contributed by atoms with Crippen LogP contribution in [0.4, 0.5) is 0 Å². The molecular weight excluding hydrogens is 432 g/mol. The predicted octanol–water partition coefficient (Wildman–Crippen LogP) is 7.56. The molecule has 0 aliphatic rings. The molecule has 31 heavy (non-hydrogen) atoms. The molecule has 5 nitrogen and oxygen atoms in total. The molecule has 7 heteroatoms. The summed E-state index contributed by atoms with van der Waals surface area (Å²) in [6.07, 6.45) is 25.1. The van der Waals surface area contributed by atoms with Gasteiger partial charge in [0.2, 0.25) is 0 Å². The van der Waals surface area contributed by atoms with E-state index in [1.54, 1.807) is 0 Å². The first kappa shape index (κ1) is 32.8. The summed E-state index contributed by atoms with van der Waals surface area (Å²) in [6, 6.07) is 0. The second-order valence-electron chi connectivity index (χ2n) is 8.05. The van der Waals surface area contributed by atoms with Crippen LogP contribution in [-0.4, -0.2) is 45.4 Å². The van der Waals surface area contributed by atoms with Gasteiger partial charge in [-0.05, 0) is 6.42 Å². The number of carbonyl (C=O) groups is 2. The zero-order valence-corrected chi connectivity index (χ0v) is 21.5. The van der Waals surface area contributed by atoms with Crippen molar-refractivity contribution in [3.63, 3.8) is 0 Å². The maximum absolute atomic E-state index is 9.86. The molecule has 0 unspecified atom stereocenters. The van der Waals surface area contributed by atoms with Crippen molar-refractivity contribution in [1.29, 1.82) is 0 Å². The van der Waals surface area contributed by atoms with Crippen LogP contribution in [0.25, 0.3) is 0 Å². The summed E-state index contributed by atoms with van der Waals surface area (Å²) in [4.78, 5) is 19.7. The van der Waals surface area contributed by atoms with E-state index >= 15 is 0 Å². The van der Waals surface area contributed by atoms with Crippen LogP contribution in [0, 0.1) is 0 Å². The molecule has 0 fully saturated rings. The average Bonchev–Trinajstić information content (AvgIpc) is 2.74. The Kier molecular flexibility index (Phi) is 31.3. The van der Waals surface area contributed by atoms with Crippen molar-refractivity contribution in [1.82, 2.24) is 0 Å². The minimum absolute atomic E-state index is 0.0576. The van der Waals surface area contributed by atoms with Crippen LogP contribution in [0.2, 0.25) is 0 Å². The van der Waals surface area contributed by atoms with E-state index in [4.69, 9.17) is 15.3 Å². The standard InChI is InChI=1S/C20H42O.C4H6O4S2/c1-2-3-4-5-6-7-8-9-10-11-12-13-14-15-16-17-18-19-20-21;5-3(6)1-9-10-2-4(7)8/h21H,2-20H2,1H3;1-2H2,(H,5,6)(H,7,8). The molecule has 0 spiro atoms. The lowest BCUT2D eigenvalue weighted by atomic mass is 10.0. The van der Waals surface area contributed by atoms with E-state index in [-0.39, 0.29) is 11.5 Å². The number of carboxylic acids is 2. The molecule has 0 saturated heterocycles. The van der Waals surface area contributed by atoms with E-state index in [1.807, 2.05) is 0 Å². The van der Waals surface area contributed by atoms with Crippen molar-refractivity contribution in [2.24, 2.45) is 0 Å². The molecule has 0 rings (SSSR count). The minimum atomic E-state index is -0.928. The monoisotopic (exact) mass is 480 g/mol. The van der Waals surface area contributed by atoms with Crippen LogP contribution in [0.1, 0.15) is 122 Å². The van der Waals surface area contributed by atoms with Crippen LogP contribution in [-0.2, 0) is 9.59 Å². The predicted molar refractivity (Wildman–Crippen MR) is 136 cm³/mol. The number of carboxylic acid groups (broad SMARTS) is 2. The van der Waals surface area contributed by atoms with Crippen LogP contribution in [0.5, 0.6) is 0 Å². The highest BCUT2D eigenvalue weighted by atomic mass is 33.1. The van der Waals surface area contributed by atoms with E-state index < -0.39 is 11.9 Å². The van der Waals surface area contributed by atoms with Crippen molar-refractivity contribution in [2.75, 3.05) is 18.1 Å². The third-order valence-corrected chi connectivity index (χ3v) is 7.06. The van der Waals surface area contributed by atoms with Crippen LogP contribution in [0.15, 0.2) is 0 Å². The number of aliphatic hydroxyl groups excluding tert-OH is 1. The average molecular weight is 481 g/mol. The van der Waals surface area contributed by atoms with Gasteiger partial charge in [0.05, 0.1) is 0 Å². The molecule has 186 valence electrons. The van der Waals surface area contributed by atoms with Gasteiger partial charge in [0, 0.05) is 6.61 Å². The first-order valence-electron chi connectivity index (χ1n) is 12.3. The Hall–Kier alpha value is -0.400. The maximum Gasteiger partial charge on any atom is 0.314 e. The fourth-order valence-electron chi connectivity index (χ4n) is 3.20. The summed E-state index contributed by atoms with van der Waals surface area (Å²) >= 11 is 0. The summed E-state index contributed by atoms with van der Waals surface area (Å²) in [6.45, 7) is 2.66. The normalized spacial score (nSPS) is 10.5. The molecule has 0 atom stereocenters.